The second kappa shape index (κ2) is 9.75. The molecule has 3 aromatic heterocycles. The number of benzene rings is 1. The van der Waals surface area contributed by atoms with Crippen molar-refractivity contribution in [2.45, 2.75) is 57.6 Å². The maximum Gasteiger partial charge on any atom is 0.182 e. The van der Waals surface area contributed by atoms with E-state index in [1.54, 1.807) is 6.20 Å². The van der Waals surface area contributed by atoms with Gasteiger partial charge in [-0.1, -0.05) is 25.5 Å². The van der Waals surface area contributed by atoms with Gasteiger partial charge in [-0.15, -0.1) is 0 Å². The van der Waals surface area contributed by atoms with Crippen LogP contribution in [0.25, 0.3) is 22.1 Å². The third-order valence-electron chi connectivity index (χ3n) is 6.53. The molecule has 5 rings (SSSR count). The molecule has 0 amide bonds. The first-order valence-corrected chi connectivity index (χ1v) is 12.0. The molecule has 0 spiro atoms. The monoisotopic (exact) mass is 444 g/mol. The Morgan fingerprint density at radius 2 is 1.97 bits per heavy atom. The molecule has 7 nitrogen and oxygen atoms in total. The maximum absolute atomic E-state index is 6.22. The highest BCUT2D eigenvalue weighted by Gasteiger charge is 2.31. The minimum absolute atomic E-state index is 0.0247. The molecule has 3 N–H and O–H groups in total. The molecule has 1 aromatic carbocycles. The summed E-state index contributed by atoms with van der Waals surface area (Å²) in [6, 6.07) is 12.4. The number of ether oxygens (including phenoxy) is 1. The van der Waals surface area contributed by atoms with Gasteiger partial charge in [0.05, 0.1) is 11.8 Å². The van der Waals surface area contributed by atoms with Crippen LogP contribution < -0.4 is 10.6 Å². The first kappa shape index (κ1) is 21.6. The highest BCUT2D eigenvalue weighted by molar-refractivity contribution is 5.80. The van der Waals surface area contributed by atoms with Crippen molar-refractivity contribution in [1.29, 1.82) is 0 Å². The molecule has 7 heteroatoms. The zero-order valence-electron chi connectivity index (χ0n) is 19.2. The number of anilines is 2. The molecule has 1 unspecified atom stereocenters. The van der Waals surface area contributed by atoms with Crippen LogP contribution in [0.4, 0.5) is 11.6 Å². The Morgan fingerprint density at radius 3 is 2.85 bits per heavy atom. The summed E-state index contributed by atoms with van der Waals surface area (Å²) in [4.78, 5) is 17.2. The zero-order chi connectivity index (χ0) is 22.5. The summed E-state index contributed by atoms with van der Waals surface area (Å²) >= 11 is 0. The average Bonchev–Trinajstić information content (AvgIpc) is 3.31. The Balaban J connectivity index is 1.22. The van der Waals surface area contributed by atoms with Gasteiger partial charge in [-0.05, 0) is 67.3 Å². The predicted octanol–water partition coefficient (Wildman–Crippen LogP) is 5.66. The van der Waals surface area contributed by atoms with Crippen molar-refractivity contribution in [3.63, 3.8) is 0 Å². The Morgan fingerprint density at radius 1 is 1.03 bits per heavy atom. The first-order valence-electron chi connectivity index (χ1n) is 12.0. The highest BCUT2D eigenvalue weighted by Crippen LogP contribution is 2.32. The topological polar surface area (TPSA) is 87.8 Å². The Labute approximate surface area is 194 Å². The summed E-state index contributed by atoms with van der Waals surface area (Å²) in [7, 11) is 0. The van der Waals surface area contributed by atoms with E-state index in [1.165, 1.54) is 23.8 Å². The highest BCUT2D eigenvalue weighted by atomic mass is 16.5. The maximum atomic E-state index is 6.22. The number of nitrogens with one attached hydrogen (secondary N) is 3. The summed E-state index contributed by atoms with van der Waals surface area (Å²) in [5, 5.41) is 8.06. The van der Waals surface area contributed by atoms with Gasteiger partial charge in [0.25, 0.3) is 0 Å². The Bertz CT molecular complexity index is 1210. The molecule has 4 heterocycles. The number of nitrogens with zero attached hydrogens (tertiary/aromatic N) is 3. The first-order chi connectivity index (χ1) is 16.2. The fraction of sp³-hybridized carbons (Fsp3) is 0.423. The van der Waals surface area contributed by atoms with Gasteiger partial charge in [0, 0.05) is 31.4 Å². The van der Waals surface area contributed by atoms with Crippen molar-refractivity contribution >= 4 is 33.7 Å². The number of aromatic nitrogens is 4. The van der Waals surface area contributed by atoms with Gasteiger partial charge >= 0.3 is 0 Å². The number of fused-ring (bicyclic) bond motifs is 2. The largest absolute Gasteiger partial charge is 0.375 e. The van der Waals surface area contributed by atoms with Crippen LogP contribution in [0.2, 0.25) is 0 Å². The van der Waals surface area contributed by atoms with Crippen molar-refractivity contribution < 1.29 is 4.74 Å². The van der Waals surface area contributed by atoms with Crippen molar-refractivity contribution in [3.05, 3.63) is 54.4 Å². The lowest BCUT2D eigenvalue weighted by Gasteiger charge is -2.37. The summed E-state index contributed by atoms with van der Waals surface area (Å²) in [6.45, 7) is 4.64. The lowest BCUT2D eigenvalue weighted by molar-refractivity contribution is -0.0868. The molecule has 0 radical (unpaired) electrons. The third-order valence-corrected chi connectivity index (χ3v) is 6.53. The van der Waals surface area contributed by atoms with Crippen molar-refractivity contribution in [2.75, 3.05) is 23.8 Å². The van der Waals surface area contributed by atoms with Crippen LogP contribution >= 0.6 is 0 Å². The average molecular weight is 445 g/mol. The minimum Gasteiger partial charge on any atom is -0.375 e. The molecule has 0 aliphatic carbocycles. The Kier molecular flexibility index (Phi) is 6.39. The number of rotatable bonds is 9. The number of H-pyrrole nitrogens is 1. The molecule has 0 saturated carbocycles. The van der Waals surface area contributed by atoms with Crippen molar-refractivity contribution in [3.8, 4) is 0 Å². The number of hydrogen-bond donors (Lipinski definition) is 3. The minimum atomic E-state index is 0.0247. The number of hydrogen-bond acceptors (Lipinski definition) is 6. The molecular formula is C26H32N6O. The summed E-state index contributed by atoms with van der Waals surface area (Å²) in [5.41, 5.74) is 3.77. The van der Waals surface area contributed by atoms with Crippen molar-refractivity contribution in [2.24, 2.45) is 0 Å². The number of aromatic amines is 1. The van der Waals surface area contributed by atoms with Crippen molar-refractivity contribution in [1.82, 2.24) is 19.9 Å². The summed E-state index contributed by atoms with van der Waals surface area (Å²) in [6.07, 6.45) is 10.6. The molecule has 1 fully saturated rings. The summed E-state index contributed by atoms with van der Waals surface area (Å²) < 4.78 is 6.22. The van der Waals surface area contributed by atoms with Crippen LogP contribution in [0.3, 0.4) is 0 Å². The van der Waals surface area contributed by atoms with Crippen LogP contribution in [0.5, 0.6) is 0 Å². The van der Waals surface area contributed by atoms with Crippen LogP contribution in [0, 0.1) is 0 Å². The van der Waals surface area contributed by atoms with Crippen LogP contribution in [-0.4, -0.2) is 38.7 Å². The van der Waals surface area contributed by atoms with E-state index in [2.05, 4.69) is 56.8 Å². The fourth-order valence-electron chi connectivity index (χ4n) is 4.78. The smallest absolute Gasteiger partial charge is 0.182 e. The molecular weight excluding hydrogens is 412 g/mol. The van der Waals surface area contributed by atoms with Crippen LogP contribution in [0.15, 0.2) is 48.8 Å². The summed E-state index contributed by atoms with van der Waals surface area (Å²) in [5.74, 6) is 1.55. The van der Waals surface area contributed by atoms with E-state index in [0.29, 0.717) is 12.2 Å². The second-order valence-corrected chi connectivity index (χ2v) is 8.96. The molecule has 1 saturated heterocycles. The molecule has 33 heavy (non-hydrogen) atoms. The van der Waals surface area contributed by atoms with Gasteiger partial charge in [0.1, 0.15) is 17.2 Å². The van der Waals surface area contributed by atoms with Crippen LogP contribution in [-0.2, 0) is 11.3 Å². The van der Waals surface area contributed by atoms with E-state index in [9.17, 15) is 0 Å². The predicted molar refractivity (Wildman–Crippen MR) is 134 cm³/mol. The van der Waals surface area contributed by atoms with Crippen LogP contribution in [0.1, 0.15) is 51.0 Å². The van der Waals surface area contributed by atoms with Gasteiger partial charge in [0.2, 0.25) is 0 Å². The van der Waals surface area contributed by atoms with Gasteiger partial charge in [0.15, 0.2) is 5.65 Å². The van der Waals surface area contributed by atoms with E-state index in [4.69, 9.17) is 9.72 Å². The van der Waals surface area contributed by atoms with Gasteiger partial charge < -0.3 is 20.4 Å². The Hall–Kier alpha value is -3.19. The molecule has 172 valence electrons. The third kappa shape index (κ3) is 5.09. The molecule has 0 bridgehead atoms. The standard InChI is InChI=1S/C26H32N6O/c1-2-10-26(11-3-4-15-33-26)12-14-28-23-8-7-21-25(31-23)32-24(18-29-21)30-17-19-5-6-20-9-13-27-22(20)16-19/h5-9,13,16,18,27H,2-4,10-12,14-15,17H2,1H3,(H2,28,30,31,32). The normalized spacial score (nSPS) is 18.6. The van der Waals surface area contributed by atoms with E-state index in [1.807, 2.05) is 18.3 Å². The fourth-order valence-corrected chi connectivity index (χ4v) is 4.78. The SMILES string of the molecule is CCCC1(CCNc2ccc3ncc(NCc4ccc5cc[nH]c5c4)nc3n2)CCCCO1. The molecule has 1 aliphatic heterocycles. The number of pyridine rings is 1. The van der Waals surface area contributed by atoms with E-state index in [-0.39, 0.29) is 5.60 Å². The molecule has 4 aromatic rings. The molecule has 1 atom stereocenters. The lowest BCUT2D eigenvalue weighted by atomic mass is 9.86. The second-order valence-electron chi connectivity index (χ2n) is 8.96. The van der Waals surface area contributed by atoms with E-state index >= 15 is 0 Å². The van der Waals surface area contributed by atoms with Gasteiger partial charge in [-0.3, -0.25) is 0 Å². The van der Waals surface area contributed by atoms with E-state index < -0.39 is 0 Å². The molecule has 1 aliphatic rings. The zero-order valence-corrected chi connectivity index (χ0v) is 19.2. The van der Waals surface area contributed by atoms with Gasteiger partial charge in [-0.2, -0.15) is 0 Å². The van der Waals surface area contributed by atoms with E-state index in [0.717, 1.165) is 61.5 Å². The lowest BCUT2D eigenvalue weighted by Crippen LogP contribution is -2.38. The van der Waals surface area contributed by atoms with Gasteiger partial charge in [-0.25, -0.2) is 15.0 Å². The quantitative estimate of drug-likeness (QED) is 0.309.